The maximum absolute atomic E-state index is 13.3. The number of rotatable bonds is 2. The van der Waals surface area contributed by atoms with Crippen LogP contribution in [0.3, 0.4) is 0 Å². The van der Waals surface area contributed by atoms with Crippen LogP contribution in [0.4, 0.5) is 0 Å². The number of carbonyl (C=O) groups is 1. The number of aryl methyl sites for hydroxylation is 1. The van der Waals surface area contributed by atoms with Gasteiger partial charge in [-0.15, -0.1) is 0 Å². The first-order chi connectivity index (χ1) is 12.5. The first-order valence-corrected chi connectivity index (χ1v) is 8.89. The predicted octanol–water partition coefficient (Wildman–Crippen LogP) is 3.52. The van der Waals surface area contributed by atoms with Gasteiger partial charge in [0.1, 0.15) is 5.82 Å². The quantitative estimate of drug-likeness (QED) is 0.771. The van der Waals surface area contributed by atoms with Gasteiger partial charge in [0.2, 0.25) is 0 Å². The van der Waals surface area contributed by atoms with Gasteiger partial charge in [-0.3, -0.25) is 14.2 Å². The van der Waals surface area contributed by atoms with Gasteiger partial charge in [0, 0.05) is 0 Å². The Kier molecular flexibility index (Phi) is 3.87. The minimum Gasteiger partial charge on any atom is -0.342 e. The number of hydrogen-bond acceptors (Lipinski definition) is 3. The third kappa shape index (κ3) is 2.60. The summed E-state index contributed by atoms with van der Waals surface area (Å²) in [4.78, 5) is 30.9. The molecule has 0 spiro atoms. The molecular weight excluding hydrogens is 326 g/mol. The molecule has 0 aliphatic carbocycles. The maximum atomic E-state index is 13.3. The Balaban J connectivity index is 2.12. The molecule has 4 rings (SSSR count). The van der Waals surface area contributed by atoms with Gasteiger partial charge in [-0.1, -0.05) is 32.0 Å². The molecule has 1 atom stereocenters. The topological polar surface area (TPSA) is 64.0 Å². The van der Waals surface area contributed by atoms with E-state index in [0.717, 1.165) is 5.56 Å². The van der Waals surface area contributed by atoms with E-state index < -0.39 is 0 Å². The molecule has 1 amide bonds. The summed E-state index contributed by atoms with van der Waals surface area (Å²) in [7, 11) is 0. The Bertz CT molecular complexity index is 1080. The van der Waals surface area contributed by atoms with E-state index in [1.807, 2.05) is 37.3 Å². The molecule has 0 bridgehead atoms. The molecule has 0 saturated heterocycles. The highest BCUT2D eigenvalue weighted by Crippen LogP contribution is 2.28. The van der Waals surface area contributed by atoms with Crippen molar-refractivity contribution in [3.63, 3.8) is 0 Å². The fourth-order valence-electron chi connectivity index (χ4n) is 3.57. The first-order valence-electron chi connectivity index (χ1n) is 8.89. The van der Waals surface area contributed by atoms with Crippen LogP contribution in [0.25, 0.3) is 16.6 Å². The zero-order chi connectivity index (χ0) is 18.4. The summed E-state index contributed by atoms with van der Waals surface area (Å²) in [6.07, 6.45) is 0.712. The van der Waals surface area contributed by atoms with Crippen LogP contribution in [0.1, 0.15) is 48.1 Å². The molecule has 1 aliphatic heterocycles. The lowest BCUT2D eigenvalue weighted by molar-refractivity contribution is 0.0933. The largest absolute Gasteiger partial charge is 0.342 e. The number of benzene rings is 2. The molecule has 1 aliphatic rings. The van der Waals surface area contributed by atoms with Crippen molar-refractivity contribution < 1.29 is 4.79 Å². The van der Waals surface area contributed by atoms with Crippen LogP contribution < -0.4 is 10.9 Å². The number of hydrogen-bond donors (Lipinski definition) is 1. The molecule has 2 heterocycles. The smallest absolute Gasteiger partial charge is 0.266 e. The Labute approximate surface area is 151 Å². The lowest BCUT2D eigenvalue weighted by Crippen LogP contribution is -2.31. The molecule has 26 heavy (non-hydrogen) atoms. The fraction of sp³-hybridized carbons (Fsp3) is 0.286. The van der Waals surface area contributed by atoms with Crippen molar-refractivity contribution in [2.24, 2.45) is 5.92 Å². The van der Waals surface area contributed by atoms with Gasteiger partial charge < -0.3 is 5.32 Å². The van der Waals surface area contributed by atoms with E-state index >= 15 is 0 Å². The van der Waals surface area contributed by atoms with E-state index in [1.165, 1.54) is 0 Å². The molecule has 1 aromatic heterocycles. The zero-order valence-electron chi connectivity index (χ0n) is 15.1. The van der Waals surface area contributed by atoms with E-state index in [0.29, 0.717) is 40.3 Å². The molecule has 132 valence electrons. The predicted molar refractivity (Wildman–Crippen MR) is 102 cm³/mol. The standard InChI is InChI=1S/C21H21N3O2/c1-12(2)10-17-19-22-16-7-5-4-6-14(16)21(26)24(19)18-11-13(3)8-9-15(18)20(25)23-17/h4-9,11-12,17H,10H2,1-3H3,(H,23,25). The van der Waals surface area contributed by atoms with Gasteiger partial charge in [0.25, 0.3) is 11.5 Å². The third-order valence-corrected chi connectivity index (χ3v) is 4.76. The summed E-state index contributed by atoms with van der Waals surface area (Å²) in [5.41, 5.74) is 2.62. The average molecular weight is 347 g/mol. The normalized spacial score (nSPS) is 16.2. The minimum atomic E-state index is -0.312. The van der Waals surface area contributed by atoms with Crippen molar-refractivity contribution in [2.45, 2.75) is 33.2 Å². The molecule has 0 radical (unpaired) electrons. The number of aromatic nitrogens is 2. The van der Waals surface area contributed by atoms with Crippen LogP contribution in [0.2, 0.25) is 0 Å². The van der Waals surface area contributed by atoms with Crippen LogP contribution in [0, 0.1) is 12.8 Å². The Morgan fingerprint density at radius 3 is 2.69 bits per heavy atom. The van der Waals surface area contributed by atoms with Crippen molar-refractivity contribution in [3.8, 4) is 5.69 Å². The number of amides is 1. The molecule has 5 heteroatoms. The molecule has 3 aromatic rings. The van der Waals surface area contributed by atoms with Crippen molar-refractivity contribution in [2.75, 3.05) is 0 Å². The van der Waals surface area contributed by atoms with E-state index in [4.69, 9.17) is 4.98 Å². The molecule has 5 nitrogen and oxygen atoms in total. The van der Waals surface area contributed by atoms with Crippen LogP contribution in [0.15, 0.2) is 47.3 Å². The maximum Gasteiger partial charge on any atom is 0.266 e. The van der Waals surface area contributed by atoms with E-state index in [1.54, 1.807) is 16.7 Å². The number of nitrogens with zero attached hydrogens (tertiary/aromatic N) is 2. The molecular formula is C21H21N3O2. The van der Waals surface area contributed by atoms with Gasteiger partial charge in [0.15, 0.2) is 0 Å². The molecule has 0 saturated carbocycles. The summed E-state index contributed by atoms with van der Waals surface area (Å²) in [5.74, 6) is 0.778. The number of para-hydroxylation sites is 1. The van der Waals surface area contributed by atoms with E-state index in [2.05, 4.69) is 19.2 Å². The number of fused-ring (bicyclic) bond motifs is 4. The molecule has 0 fully saturated rings. The van der Waals surface area contributed by atoms with Gasteiger partial charge >= 0.3 is 0 Å². The molecule has 1 unspecified atom stereocenters. The highest BCUT2D eigenvalue weighted by Gasteiger charge is 2.29. The highest BCUT2D eigenvalue weighted by molar-refractivity contribution is 5.99. The highest BCUT2D eigenvalue weighted by atomic mass is 16.2. The van der Waals surface area contributed by atoms with Crippen LogP contribution >= 0.6 is 0 Å². The number of carbonyl (C=O) groups excluding carboxylic acids is 1. The van der Waals surface area contributed by atoms with Gasteiger partial charge in [-0.2, -0.15) is 0 Å². The Morgan fingerprint density at radius 1 is 1.15 bits per heavy atom. The summed E-state index contributed by atoms with van der Waals surface area (Å²) >= 11 is 0. The van der Waals surface area contributed by atoms with Crippen molar-refractivity contribution in [1.29, 1.82) is 0 Å². The van der Waals surface area contributed by atoms with E-state index in [9.17, 15) is 9.59 Å². The SMILES string of the molecule is Cc1ccc2c(c1)-n1c(nc3ccccc3c1=O)C(CC(C)C)NC2=O. The zero-order valence-corrected chi connectivity index (χ0v) is 15.1. The summed E-state index contributed by atoms with van der Waals surface area (Å²) in [6.45, 7) is 6.14. The third-order valence-electron chi connectivity index (χ3n) is 4.76. The van der Waals surface area contributed by atoms with Crippen molar-refractivity contribution in [1.82, 2.24) is 14.9 Å². The summed E-state index contributed by atoms with van der Waals surface area (Å²) in [6, 6.07) is 12.6. The van der Waals surface area contributed by atoms with Gasteiger partial charge in [0.05, 0.1) is 28.2 Å². The fourth-order valence-corrected chi connectivity index (χ4v) is 3.57. The first kappa shape index (κ1) is 16.5. The van der Waals surface area contributed by atoms with Crippen LogP contribution in [-0.2, 0) is 0 Å². The van der Waals surface area contributed by atoms with Crippen LogP contribution in [-0.4, -0.2) is 15.5 Å². The second-order valence-corrected chi connectivity index (χ2v) is 7.30. The van der Waals surface area contributed by atoms with Crippen molar-refractivity contribution in [3.05, 3.63) is 69.8 Å². The number of nitrogens with one attached hydrogen (secondary N) is 1. The van der Waals surface area contributed by atoms with Gasteiger partial charge in [-0.25, -0.2) is 4.98 Å². The summed E-state index contributed by atoms with van der Waals surface area (Å²) in [5, 5.41) is 3.63. The average Bonchev–Trinajstić information content (AvgIpc) is 2.70. The van der Waals surface area contributed by atoms with Crippen LogP contribution in [0.5, 0.6) is 0 Å². The lowest BCUT2D eigenvalue weighted by atomic mass is 10.0. The monoisotopic (exact) mass is 347 g/mol. The minimum absolute atomic E-state index is 0.136. The van der Waals surface area contributed by atoms with E-state index in [-0.39, 0.29) is 17.5 Å². The molecule has 2 aromatic carbocycles. The van der Waals surface area contributed by atoms with Crippen molar-refractivity contribution >= 4 is 16.8 Å². The van der Waals surface area contributed by atoms with Gasteiger partial charge in [-0.05, 0) is 49.1 Å². The second kappa shape index (κ2) is 6.09. The Hall–Kier alpha value is -2.95. The second-order valence-electron chi connectivity index (χ2n) is 7.30. The Morgan fingerprint density at radius 2 is 1.92 bits per heavy atom. The lowest BCUT2D eigenvalue weighted by Gasteiger charge is -2.20. The summed E-state index contributed by atoms with van der Waals surface area (Å²) < 4.78 is 1.62. The molecule has 1 N–H and O–H groups in total.